The summed E-state index contributed by atoms with van der Waals surface area (Å²) in [5.41, 5.74) is 1.55. The molecule has 8 nitrogen and oxygen atoms in total. The van der Waals surface area contributed by atoms with Gasteiger partial charge >= 0.3 is 0 Å². The molecule has 2 aromatic carbocycles. The lowest BCUT2D eigenvalue weighted by atomic mass is 10.1. The Morgan fingerprint density at radius 2 is 1.89 bits per heavy atom. The second-order valence-corrected chi connectivity index (χ2v) is 10.9. The maximum atomic E-state index is 13.7. The monoisotopic (exact) mass is 560 g/mol. The maximum absolute atomic E-state index is 13.7. The normalized spacial score (nSPS) is 17.7. The molecule has 5 rings (SSSR count). The predicted octanol–water partition coefficient (Wildman–Crippen LogP) is 4.76. The van der Waals surface area contributed by atoms with E-state index in [4.69, 9.17) is 41.8 Å². The molecule has 3 aromatic rings. The van der Waals surface area contributed by atoms with Crippen LogP contribution in [-0.2, 0) is 22.6 Å². The summed E-state index contributed by atoms with van der Waals surface area (Å²) in [6.45, 7) is 7.87. The van der Waals surface area contributed by atoms with E-state index in [1.807, 2.05) is 28.0 Å². The number of halogens is 2. The second-order valence-electron chi connectivity index (χ2n) is 10.0. The Labute approximate surface area is 230 Å². The van der Waals surface area contributed by atoms with E-state index in [1.165, 1.54) is 6.26 Å². The number of ether oxygens (including phenoxy) is 3. The topological polar surface area (TPSA) is 81.5 Å². The first kappa shape index (κ1) is 26.8. The highest BCUT2D eigenvalue weighted by molar-refractivity contribution is 6.38. The smallest absolute Gasteiger partial charge is 0.253 e. The van der Waals surface area contributed by atoms with Gasteiger partial charge in [0.15, 0.2) is 22.5 Å². The van der Waals surface area contributed by atoms with Crippen LogP contribution in [0.3, 0.4) is 0 Å². The highest BCUT2D eigenvalue weighted by Crippen LogP contribution is 2.31. The molecule has 1 atom stereocenters. The fourth-order valence-electron chi connectivity index (χ4n) is 4.83. The van der Waals surface area contributed by atoms with Crippen molar-refractivity contribution < 1.29 is 23.4 Å². The Balaban J connectivity index is 1.30. The van der Waals surface area contributed by atoms with Crippen LogP contribution >= 0.6 is 23.2 Å². The summed E-state index contributed by atoms with van der Waals surface area (Å²) in [6.07, 6.45) is 0.792. The molecular formula is C28H30Cl2N2O6. The fraction of sp³-hybridized carbons (Fsp3) is 0.429. The summed E-state index contributed by atoms with van der Waals surface area (Å²) < 4.78 is 22.9. The van der Waals surface area contributed by atoms with E-state index in [2.05, 4.69) is 13.8 Å². The summed E-state index contributed by atoms with van der Waals surface area (Å²) in [5, 5.41) is 0.993. The molecule has 1 unspecified atom stereocenters. The van der Waals surface area contributed by atoms with Crippen LogP contribution in [0.4, 0.5) is 0 Å². The van der Waals surface area contributed by atoms with Gasteiger partial charge in [-0.2, -0.15) is 0 Å². The SMILES string of the molecule is CC(C)CN(Cc1ccc2c(c1)OCCO2)C(=O)C1CN(Cc2coc3c(Cl)cc(Cl)cc3c2=O)CCO1. The highest BCUT2D eigenvalue weighted by Gasteiger charge is 2.31. The van der Waals surface area contributed by atoms with Crippen LogP contribution in [0.1, 0.15) is 25.0 Å². The van der Waals surface area contributed by atoms with Crippen molar-refractivity contribution in [1.29, 1.82) is 0 Å². The van der Waals surface area contributed by atoms with E-state index >= 15 is 0 Å². The number of fused-ring (bicyclic) bond motifs is 2. The van der Waals surface area contributed by atoms with Gasteiger partial charge in [-0.1, -0.05) is 43.1 Å². The van der Waals surface area contributed by atoms with Gasteiger partial charge in [-0.3, -0.25) is 14.5 Å². The van der Waals surface area contributed by atoms with Crippen molar-refractivity contribution in [3.63, 3.8) is 0 Å². The molecule has 0 bridgehead atoms. The molecule has 0 saturated carbocycles. The number of hydrogen-bond donors (Lipinski definition) is 0. The van der Waals surface area contributed by atoms with Crippen LogP contribution in [0.2, 0.25) is 10.0 Å². The van der Waals surface area contributed by atoms with Crippen LogP contribution < -0.4 is 14.9 Å². The van der Waals surface area contributed by atoms with Crippen molar-refractivity contribution in [2.45, 2.75) is 33.0 Å². The summed E-state index contributed by atoms with van der Waals surface area (Å²) >= 11 is 12.3. The van der Waals surface area contributed by atoms with Crippen molar-refractivity contribution in [2.75, 3.05) is 39.5 Å². The van der Waals surface area contributed by atoms with E-state index in [0.29, 0.717) is 79.8 Å². The molecule has 1 fully saturated rings. The maximum Gasteiger partial charge on any atom is 0.253 e. The molecule has 0 N–H and O–H groups in total. The number of morpholine rings is 1. The number of benzene rings is 2. The number of rotatable bonds is 7. The lowest BCUT2D eigenvalue weighted by Crippen LogP contribution is -2.51. The van der Waals surface area contributed by atoms with Gasteiger partial charge in [0.1, 0.15) is 19.3 Å². The number of amides is 1. The molecule has 0 aliphatic carbocycles. The van der Waals surface area contributed by atoms with Crippen LogP contribution in [-0.4, -0.2) is 61.3 Å². The second kappa shape index (κ2) is 11.5. The lowest BCUT2D eigenvalue weighted by molar-refractivity contribution is -0.151. The molecule has 2 aliphatic heterocycles. The molecule has 0 spiro atoms. The molecule has 3 heterocycles. The summed E-state index contributed by atoms with van der Waals surface area (Å²) in [7, 11) is 0. The molecule has 202 valence electrons. The summed E-state index contributed by atoms with van der Waals surface area (Å²) in [4.78, 5) is 30.6. The first-order valence-corrected chi connectivity index (χ1v) is 13.4. The van der Waals surface area contributed by atoms with E-state index in [1.54, 1.807) is 12.1 Å². The van der Waals surface area contributed by atoms with E-state index < -0.39 is 6.10 Å². The minimum absolute atomic E-state index is 0.0811. The summed E-state index contributed by atoms with van der Waals surface area (Å²) in [5.74, 6) is 1.61. The zero-order valence-corrected chi connectivity index (χ0v) is 22.9. The first-order valence-electron chi connectivity index (χ1n) is 12.7. The Morgan fingerprint density at radius 1 is 1.11 bits per heavy atom. The third-order valence-electron chi connectivity index (χ3n) is 6.56. The van der Waals surface area contributed by atoms with Gasteiger partial charge < -0.3 is 23.5 Å². The van der Waals surface area contributed by atoms with Gasteiger partial charge in [0.05, 0.1) is 23.3 Å². The van der Waals surface area contributed by atoms with Crippen molar-refractivity contribution in [3.8, 4) is 11.5 Å². The molecule has 0 radical (unpaired) electrons. The molecule has 1 aromatic heterocycles. The Kier molecular flexibility index (Phi) is 8.14. The van der Waals surface area contributed by atoms with Gasteiger partial charge in [0.25, 0.3) is 5.91 Å². The van der Waals surface area contributed by atoms with E-state index in [0.717, 1.165) is 11.3 Å². The fourth-order valence-corrected chi connectivity index (χ4v) is 5.37. The van der Waals surface area contributed by atoms with Gasteiger partial charge in [-0.25, -0.2) is 0 Å². The Morgan fingerprint density at radius 3 is 2.68 bits per heavy atom. The zero-order valence-electron chi connectivity index (χ0n) is 21.4. The van der Waals surface area contributed by atoms with E-state index in [9.17, 15) is 9.59 Å². The third-order valence-corrected chi connectivity index (χ3v) is 7.06. The lowest BCUT2D eigenvalue weighted by Gasteiger charge is -2.35. The number of carbonyl (C=O) groups is 1. The zero-order chi connectivity index (χ0) is 26.8. The van der Waals surface area contributed by atoms with Crippen molar-refractivity contribution in [2.24, 2.45) is 5.92 Å². The van der Waals surface area contributed by atoms with Crippen molar-refractivity contribution in [1.82, 2.24) is 9.80 Å². The van der Waals surface area contributed by atoms with Gasteiger partial charge in [0.2, 0.25) is 0 Å². The number of hydrogen-bond acceptors (Lipinski definition) is 7. The van der Waals surface area contributed by atoms with Crippen LogP contribution in [0, 0.1) is 5.92 Å². The van der Waals surface area contributed by atoms with Gasteiger partial charge in [-0.15, -0.1) is 0 Å². The minimum atomic E-state index is -0.643. The van der Waals surface area contributed by atoms with E-state index in [-0.39, 0.29) is 22.3 Å². The number of nitrogens with zero attached hydrogens (tertiary/aromatic N) is 2. The highest BCUT2D eigenvalue weighted by atomic mass is 35.5. The standard InChI is InChI=1S/C28H30Cl2N2O6/c1-17(2)12-32(13-18-3-4-23-24(9-18)37-8-7-36-23)28(34)25-15-31(5-6-35-25)14-19-16-38-27-21(26(19)33)10-20(29)11-22(27)30/h3-4,9-11,16-17,25H,5-8,12-15H2,1-2H3. The largest absolute Gasteiger partial charge is 0.486 e. The molecule has 1 saturated heterocycles. The van der Waals surface area contributed by atoms with Gasteiger partial charge in [0, 0.05) is 43.3 Å². The van der Waals surface area contributed by atoms with Gasteiger partial charge in [-0.05, 0) is 35.7 Å². The van der Waals surface area contributed by atoms with Crippen molar-refractivity contribution >= 4 is 40.1 Å². The van der Waals surface area contributed by atoms with Crippen molar-refractivity contribution in [3.05, 3.63) is 68.0 Å². The first-order chi connectivity index (χ1) is 18.3. The predicted molar refractivity (Wildman–Crippen MR) is 145 cm³/mol. The molecule has 1 amide bonds. The molecule has 2 aliphatic rings. The average Bonchev–Trinajstić information content (AvgIpc) is 2.89. The molecule has 10 heteroatoms. The Hall–Kier alpha value is -2.78. The number of carbonyl (C=O) groups excluding carboxylic acids is 1. The molecule has 38 heavy (non-hydrogen) atoms. The minimum Gasteiger partial charge on any atom is -0.486 e. The Bertz CT molecular complexity index is 1390. The van der Waals surface area contributed by atoms with Crippen LogP contribution in [0.5, 0.6) is 11.5 Å². The van der Waals surface area contributed by atoms with Crippen LogP contribution in [0.25, 0.3) is 11.0 Å². The van der Waals surface area contributed by atoms with Crippen LogP contribution in [0.15, 0.2) is 45.8 Å². The average molecular weight is 561 g/mol. The molecular weight excluding hydrogens is 531 g/mol. The third kappa shape index (κ3) is 5.94. The summed E-state index contributed by atoms with van der Waals surface area (Å²) in [6, 6.07) is 8.88. The quantitative estimate of drug-likeness (QED) is 0.412.